The highest BCUT2D eigenvalue weighted by molar-refractivity contribution is 7.10. The van der Waals surface area contributed by atoms with E-state index < -0.39 is 5.91 Å². The molecule has 1 amide bonds. The van der Waals surface area contributed by atoms with E-state index in [0.717, 1.165) is 28.0 Å². The molecule has 0 saturated heterocycles. The van der Waals surface area contributed by atoms with E-state index in [0.29, 0.717) is 21.9 Å². The number of carbonyl (C=O) groups is 2. The number of nitrogens with zero attached hydrogens (tertiary/aromatic N) is 5. The molecule has 9 nitrogen and oxygen atoms in total. The topological polar surface area (TPSA) is 107 Å². The van der Waals surface area contributed by atoms with Crippen LogP contribution in [0.2, 0.25) is 0 Å². The lowest BCUT2D eigenvalue weighted by molar-refractivity contribution is 0.0946. The zero-order chi connectivity index (χ0) is 26.1. The maximum absolute atomic E-state index is 13.2. The van der Waals surface area contributed by atoms with Crippen molar-refractivity contribution >= 4 is 34.0 Å². The molecule has 0 aliphatic rings. The molecule has 0 atom stereocenters. The molecule has 186 valence electrons. The molecule has 6 rings (SSSR count). The number of para-hydroxylation sites is 3. The number of amides is 1. The Morgan fingerprint density at radius 3 is 2.18 bits per heavy atom. The number of hydrogen-bond donors (Lipinski definition) is 1. The number of Topliss-reactive ketones (excluding diaryl/α,β-unsaturated/α-hetero) is 1. The number of rotatable bonds is 6. The summed E-state index contributed by atoms with van der Waals surface area (Å²) < 4.78 is 9.25. The number of furan rings is 1. The molecule has 0 spiro atoms. The summed E-state index contributed by atoms with van der Waals surface area (Å²) in [4.78, 5) is 25.5. The first-order valence-corrected chi connectivity index (χ1v) is 12.5. The molecule has 10 heteroatoms. The molecule has 0 fully saturated rings. The number of hydrogen-bond acceptors (Lipinski definition) is 7. The summed E-state index contributed by atoms with van der Waals surface area (Å²) in [6.45, 7) is 1.44. The molecule has 0 bridgehead atoms. The van der Waals surface area contributed by atoms with E-state index in [2.05, 4.69) is 20.7 Å². The fourth-order valence-electron chi connectivity index (χ4n) is 3.93. The highest BCUT2D eigenvalue weighted by atomic mass is 32.1. The van der Waals surface area contributed by atoms with Gasteiger partial charge in [-0.2, -0.15) is 10.2 Å². The predicted molar refractivity (Wildman–Crippen MR) is 143 cm³/mol. The van der Waals surface area contributed by atoms with Gasteiger partial charge in [-0.15, -0.1) is 5.10 Å². The predicted octanol–water partition coefficient (Wildman–Crippen LogP) is 4.98. The molecule has 0 unspecified atom stereocenters. The van der Waals surface area contributed by atoms with Crippen molar-refractivity contribution < 1.29 is 14.0 Å². The van der Waals surface area contributed by atoms with Gasteiger partial charge in [0, 0.05) is 18.4 Å². The molecule has 0 aliphatic carbocycles. The van der Waals surface area contributed by atoms with Crippen molar-refractivity contribution in [1.29, 1.82) is 0 Å². The smallest absolute Gasteiger partial charge is 0.291 e. The first-order chi connectivity index (χ1) is 18.6. The van der Waals surface area contributed by atoms with Crippen LogP contribution in [0.1, 0.15) is 27.2 Å². The molecule has 3 heterocycles. The average molecular weight is 521 g/mol. The summed E-state index contributed by atoms with van der Waals surface area (Å²) in [6.07, 6.45) is 0. The van der Waals surface area contributed by atoms with Crippen LogP contribution in [-0.4, -0.2) is 31.3 Å². The second-order valence-corrected chi connectivity index (χ2v) is 9.31. The Hall–Kier alpha value is -5.09. The van der Waals surface area contributed by atoms with Crippen molar-refractivity contribution in [2.75, 3.05) is 0 Å². The molecule has 6 aromatic rings. The fraction of sp³-hybridized carbons (Fsp3) is 0.0357. The van der Waals surface area contributed by atoms with Crippen LogP contribution in [0.25, 0.3) is 33.8 Å². The van der Waals surface area contributed by atoms with Gasteiger partial charge in [0.25, 0.3) is 5.91 Å². The summed E-state index contributed by atoms with van der Waals surface area (Å²) in [5.74, 6) is -0.131. The van der Waals surface area contributed by atoms with Gasteiger partial charge < -0.3 is 4.42 Å². The van der Waals surface area contributed by atoms with Crippen LogP contribution >= 0.6 is 11.3 Å². The number of carbonyl (C=O) groups excluding carboxylic acids is 2. The quantitative estimate of drug-likeness (QED) is 0.246. The summed E-state index contributed by atoms with van der Waals surface area (Å²) in [6, 6.07) is 30.0. The van der Waals surface area contributed by atoms with Gasteiger partial charge in [0.1, 0.15) is 11.3 Å². The number of aromatic nitrogens is 4. The van der Waals surface area contributed by atoms with Gasteiger partial charge >= 0.3 is 0 Å². The SMILES string of the molecule is CC(=O)c1nn(-c2ccccc2)c(=NNC(=O)c2cc(-c3cc4ccccc4o3)n(-c3ccccc3)n2)s1. The van der Waals surface area contributed by atoms with E-state index in [1.54, 1.807) is 10.7 Å². The van der Waals surface area contributed by atoms with Crippen molar-refractivity contribution in [2.24, 2.45) is 5.10 Å². The molecular weight excluding hydrogens is 500 g/mol. The summed E-state index contributed by atoms with van der Waals surface area (Å²) >= 11 is 1.08. The first-order valence-electron chi connectivity index (χ1n) is 11.7. The van der Waals surface area contributed by atoms with Gasteiger partial charge in [0.2, 0.25) is 4.80 Å². The Morgan fingerprint density at radius 2 is 1.50 bits per heavy atom. The molecule has 3 aromatic heterocycles. The number of nitrogens with one attached hydrogen (secondary N) is 1. The van der Waals surface area contributed by atoms with Crippen molar-refractivity contribution in [3.05, 3.63) is 113 Å². The van der Waals surface area contributed by atoms with Gasteiger partial charge in [-0.05, 0) is 36.4 Å². The van der Waals surface area contributed by atoms with Gasteiger partial charge in [-0.25, -0.2) is 14.8 Å². The normalized spacial score (nSPS) is 11.7. The summed E-state index contributed by atoms with van der Waals surface area (Å²) in [5, 5.41) is 14.4. The van der Waals surface area contributed by atoms with E-state index in [9.17, 15) is 9.59 Å². The Bertz CT molecular complexity index is 1810. The highest BCUT2D eigenvalue weighted by Crippen LogP contribution is 2.30. The summed E-state index contributed by atoms with van der Waals surface area (Å²) in [7, 11) is 0. The zero-order valence-electron chi connectivity index (χ0n) is 20.1. The van der Waals surface area contributed by atoms with Crippen LogP contribution in [0.4, 0.5) is 0 Å². The molecule has 0 aliphatic heterocycles. The standard InChI is InChI=1S/C28H20N6O3S/c1-18(35)27-32-34(21-13-6-3-7-14-21)28(38-27)30-29-26(36)22-17-23(33(31-22)20-11-4-2-5-12-20)25-16-19-10-8-9-15-24(19)37-25/h2-17H,1H3,(H,29,36). The third-order valence-electron chi connectivity index (χ3n) is 5.74. The van der Waals surface area contributed by atoms with Crippen molar-refractivity contribution in [3.8, 4) is 22.8 Å². The lowest BCUT2D eigenvalue weighted by atomic mass is 10.2. The van der Waals surface area contributed by atoms with E-state index in [1.165, 1.54) is 11.6 Å². The van der Waals surface area contributed by atoms with Gasteiger partial charge in [-0.3, -0.25) is 9.59 Å². The largest absolute Gasteiger partial charge is 0.454 e. The van der Waals surface area contributed by atoms with Gasteiger partial charge in [-0.1, -0.05) is 65.9 Å². The maximum Gasteiger partial charge on any atom is 0.291 e. The molecule has 1 N–H and O–H groups in total. The van der Waals surface area contributed by atoms with Crippen molar-refractivity contribution in [3.63, 3.8) is 0 Å². The minimum atomic E-state index is -0.519. The molecule has 0 radical (unpaired) electrons. The minimum absolute atomic E-state index is 0.149. The monoisotopic (exact) mass is 520 g/mol. The number of benzene rings is 3. The Balaban J connectivity index is 1.39. The van der Waals surface area contributed by atoms with Gasteiger partial charge in [0.05, 0.1) is 11.4 Å². The Morgan fingerprint density at radius 1 is 0.842 bits per heavy atom. The number of ketones is 1. The second kappa shape index (κ2) is 9.75. The summed E-state index contributed by atoms with van der Waals surface area (Å²) in [5.41, 5.74) is 5.56. The number of fused-ring (bicyclic) bond motifs is 1. The van der Waals surface area contributed by atoms with Gasteiger partial charge in [0.15, 0.2) is 22.2 Å². The maximum atomic E-state index is 13.2. The molecular formula is C28H20N6O3S. The van der Waals surface area contributed by atoms with Crippen LogP contribution in [0.15, 0.2) is 107 Å². The lowest BCUT2D eigenvalue weighted by Crippen LogP contribution is -2.24. The van der Waals surface area contributed by atoms with Crippen LogP contribution in [0.3, 0.4) is 0 Å². The first kappa shape index (κ1) is 23.3. The van der Waals surface area contributed by atoms with Crippen LogP contribution < -0.4 is 10.2 Å². The minimum Gasteiger partial charge on any atom is -0.454 e. The van der Waals surface area contributed by atoms with Crippen molar-refractivity contribution in [1.82, 2.24) is 25.0 Å². The average Bonchev–Trinajstić information content (AvgIpc) is 3.69. The molecule has 0 saturated carbocycles. The molecule has 3 aromatic carbocycles. The molecule has 38 heavy (non-hydrogen) atoms. The Labute approximate surface area is 220 Å². The van der Waals surface area contributed by atoms with E-state index in [-0.39, 0.29) is 16.5 Å². The van der Waals surface area contributed by atoms with Crippen LogP contribution in [0, 0.1) is 0 Å². The van der Waals surface area contributed by atoms with Crippen molar-refractivity contribution in [2.45, 2.75) is 6.92 Å². The zero-order valence-corrected chi connectivity index (χ0v) is 20.9. The van der Waals surface area contributed by atoms with Crippen LogP contribution in [-0.2, 0) is 0 Å². The van der Waals surface area contributed by atoms with E-state index >= 15 is 0 Å². The second-order valence-electron chi connectivity index (χ2n) is 8.36. The fourth-order valence-corrected chi connectivity index (χ4v) is 4.69. The van der Waals surface area contributed by atoms with Crippen LogP contribution in [0.5, 0.6) is 0 Å². The lowest BCUT2D eigenvalue weighted by Gasteiger charge is -2.04. The van der Waals surface area contributed by atoms with E-state index in [1.807, 2.05) is 91.0 Å². The van der Waals surface area contributed by atoms with E-state index in [4.69, 9.17) is 4.42 Å². The third kappa shape index (κ3) is 4.44. The highest BCUT2D eigenvalue weighted by Gasteiger charge is 2.20. The Kier molecular flexibility index (Phi) is 5.98. The third-order valence-corrected chi connectivity index (χ3v) is 6.74.